The van der Waals surface area contributed by atoms with Crippen molar-refractivity contribution >= 4 is 34.3 Å². The number of hydrogen-bond acceptors (Lipinski definition) is 5. The fourth-order valence-electron chi connectivity index (χ4n) is 2.18. The Bertz CT molecular complexity index is 706. The highest BCUT2D eigenvalue weighted by Crippen LogP contribution is 2.32. The number of methoxy groups -OCH3 is 1. The quantitative estimate of drug-likeness (QED) is 0.938. The maximum absolute atomic E-state index is 12.5. The predicted octanol–water partition coefficient (Wildman–Crippen LogP) is 3.33. The van der Waals surface area contributed by atoms with E-state index in [0.717, 1.165) is 17.4 Å². The fourth-order valence-corrected chi connectivity index (χ4v) is 3.08. The summed E-state index contributed by atoms with van der Waals surface area (Å²) in [7, 11) is 1.58. The van der Waals surface area contributed by atoms with E-state index >= 15 is 0 Å². The molecule has 1 N–H and O–H groups in total. The van der Waals surface area contributed by atoms with E-state index in [-0.39, 0.29) is 11.1 Å². The molecule has 6 heteroatoms. The number of carbonyl (C=O) groups excluding carboxylic acids is 2. The highest BCUT2D eigenvalue weighted by Gasteiger charge is 2.40. The van der Waals surface area contributed by atoms with Crippen LogP contribution in [0, 0.1) is 0 Å². The highest BCUT2D eigenvalue weighted by atomic mass is 32.2. The molecule has 1 heterocycles. The molecule has 1 atom stereocenters. The van der Waals surface area contributed by atoms with E-state index in [9.17, 15) is 9.59 Å². The third kappa shape index (κ3) is 2.78. The summed E-state index contributed by atoms with van der Waals surface area (Å²) < 4.78 is 5.15. The van der Waals surface area contributed by atoms with Gasteiger partial charge in [-0.2, -0.15) is 0 Å². The van der Waals surface area contributed by atoms with Gasteiger partial charge in [0.25, 0.3) is 11.1 Å². The van der Waals surface area contributed by atoms with Gasteiger partial charge in [-0.1, -0.05) is 24.3 Å². The Morgan fingerprint density at radius 1 is 1.09 bits per heavy atom. The highest BCUT2D eigenvalue weighted by molar-refractivity contribution is 8.16. The minimum absolute atomic E-state index is 0.274. The number of para-hydroxylation sites is 1. The van der Waals surface area contributed by atoms with Crippen molar-refractivity contribution in [2.24, 2.45) is 0 Å². The number of nitrogens with zero attached hydrogens (tertiary/aromatic N) is 1. The molecular formula is C16H14N2O3S. The van der Waals surface area contributed by atoms with Gasteiger partial charge < -0.3 is 10.1 Å². The summed E-state index contributed by atoms with van der Waals surface area (Å²) >= 11 is 0.970. The van der Waals surface area contributed by atoms with Gasteiger partial charge in [-0.25, -0.2) is 4.90 Å². The molecule has 2 amide bonds. The second kappa shape index (κ2) is 6.11. The number of anilines is 2. The topological polar surface area (TPSA) is 58.6 Å². The first kappa shape index (κ1) is 14.5. The molecule has 0 saturated carbocycles. The largest absolute Gasteiger partial charge is 0.497 e. The zero-order valence-corrected chi connectivity index (χ0v) is 12.7. The van der Waals surface area contributed by atoms with Gasteiger partial charge in [0.05, 0.1) is 12.8 Å². The SMILES string of the molecule is COc1cccc(N[C@@H]2SC(=O)N(c3ccccc3)C2=O)c1. The van der Waals surface area contributed by atoms with Crippen LogP contribution in [0.2, 0.25) is 0 Å². The van der Waals surface area contributed by atoms with Crippen molar-refractivity contribution in [1.29, 1.82) is 0 Å². The molecule has 3 rings (SSSR count). The van der Waals surface area contributed by atoms with Crippen LogP contribution in [-0.2, 0) is 4.79 Å². The number of ether oxygens (including phenoxy) is 1. The van der Waals surface area contributed by atoms with Crippen molar-refractivity contribution in [2.45, 2.75) is 5.37 Å². The fraction of sp³-hybridized carbons (Fsp3) is 0.125. The number of rotatable bonds is 4. The number of amides is 2. The van der Waals surface area contributed by atoms with Gasteiger partial charge in [0.2, 0.25) is 0 Å². The van der Waals surface area contributed by atoms with Gasteiger partial charge in [-0.3, -0.25) is 9.59 Å². The lowest BCUT2D eigenvalue weighted by molar-refractivity contribution is -0.116. The molecule has 0 bridgehead atoms. The molecule has 5 nitrogen and oxygen atoms in total. The molecule has 1 aliphatic rings. The lowest BCUT2D eigenvalue weighted by Gasteiger charge is -2.15. The normalized spacial score (nSPS) is 17.7. The van der Waals surface area contributed by atoms with E-state index in [0.29, 0.717) is 11.4 Å². The maximum atomic E-state index is 12.5. The summed E-state index contributed by atoms with van der Waals surface area (Å²) in [5, 5.41) is 2.15. The smallest absolute Gasteiger partial charge is 0.295 e. The van der Waals surface area contributed by atoms with Gasteiger partial charge >= 0.3 is 0 Å². The molecule has 1 saturated heterocycles. The minimum Gasteiger partial charge on any atom is -0.497 e. The van der Waals surface area contributed by atoms with Crippen LogP contribution in [0.25, 0.3) is 0 Å². The second-order valence-electron chi connectivity index (χ2n) is 4.65. The monoisotopic (exact) mass is 314 g/mol. The Kier molecular flexibility index (Phi) is 4.02. The Labute approximate surface area is 132 Å². The van der Waals surface area contributed by atoms with E-state index in [1.165, 1.54) is 4.90 Å². The lowest BCUT2D eigenvalue weighted by Crippen LogP contribution is -2.34. The van der Waals surface area contributed by atoms with E-state index in [2.05, 4.69) is 5.32 Å². The van der Waals surface area contributed by atoms with E-state index < -0.39 is 5.37 Å². The Hall–Kier alpha value is -2.47. The molecule has 1 fully saturated rings. The van der Waals surface area contributed by atoms with Crippen LogP contribution < -0.4 is 15.0 Å². The Balaban J connectivity index is 1.79. The molecule has 1 aliphatic heterocycles. The second-order valence-corrected chi connectivity index (χ2v) is 5.71. The molecule has 2 aromatic rings. The van der Waals surface area contributed by atoms with Crippen molar-refractivity contribution in [3.8, 4) is 5.75 Å². The third-order valence-corrected chi connectivity index (χ3v) is 4.17. The average molecular weight is 314 g/mol. The van der Waals surface area contributed by atoms with Crippen molar-refractivity contribution in [3.63, 3.8) is 0 Å². The first-order valence-electron chi connectivity index (χ1n) is 6.69. The molecule has 22 heavy (non-hydrogen) atoms. The number of nitrogens with one attached hydrogen (secondary N) is 1. The minimum atomic E-state index is -0.639. The number of thioether (sulfide) groups is 1. The van der Waals surface area contributed by atoms with Crippen LogP contribution in [-0.4, -0.2) is 23.6 Å². The number of benzene rings is 2. The van der Waals surface area contributed by atoms with Crippen molar-refractivity contribution in [1.82, 2.24) is 0 Å². The number of imide groups is 1. The average Bonchev–Trinajstić information content (AvgIpc) is 2.82. The van der Waals surface area contributed by atoms with Gasteiger partial charge in [0.15, 0.2) is 5.37 Å². The summed E-state index contributed by atoms with van der Waals surface area (Å²) in [5.74, 6) is 0.413. The third-order valence-electron chi connectivity index (χ3n) is 3.23. The van der Waals surface area contributed by atoms with Gasteiger partial charge in [-0.05, 0) is 36.0 Å². The summed E-state index contributed by atoms with van der Waals surface area (Å²) in [6, 6.07) is 16.2. The van der Waals surface area contributed by atoms with Gasteiger partial charge in [0.1, 0.15) is 5.75 Å². The first-order chi connectivity index (χ1) is 10.7. The van der Waals surface area contributed by atoms with Gasteiger partial charge in [-0.15, -0.1) is 0 Å². The first-order valence-corrected chi connectivity index (χ1v) is 7.57. The van der Waals surface area contributed by atoms with Crippen LogP contribution in [0.5, 0.6) is 5.75 Å². The summed E-state index contributed by atoms with van der Waals surface area (Å²) in [6.07, 6.45) is 0. The van der Waals surface area contributed by atoms with E-state index in [4.69, 9.17) is 4.74 Å². The molecule has 2 aromatic carbocycles. The van der Waals surface area contributed by atoms with E-state index in [1.54, 1.807) is 37.4 Å². The Morgan fingerprint density at radius 2 is 1.86 bits per heavy atom. The molecule has 112 valence electrons. The zero-order valence-electron chi connectivity index (χ0n) is 11.9. The van der Waals surface area contributed by atoms with Gasteiger partial charge in [0, 0.05) is 11.8 Å². The maximum Gasteiger partial charge on any atom is 0.295 e. The van der Waals surface area contributed by atoms with Crippen molar-refractivity contribution < 1.29 is 14.3 Å². The van der Waals surface area contributed by atoms with Crippen molar-refractivity contribution in [3.05, 3.63) is 54.6 Å². The zero-order chi connectivity index (χ0) is 15.5. The number of carbonyl (C=O) groups is 2. The molecule has 0 radical (unpaired) electrons. The van der Waals surface area contributed by atoms with Crippen LogP contribution in [0.15, 0.2) is 54.6 Å². The number of hydrogen-bond donors (Lipinski definition) is 1. The van der Waals surface area contributed by atoms with Crippen LogP contribution >= 0.6 is 11.8 Å². The Morgan fingerprint density at radius 3 is 2.59 bits per heavy atom. The molecular weight excluding hydrogens is 300 g/mol. The lowest BCUT2D eigenvalue weighted by atomic mass is 10.3. The summed E-state index contributed by atoms with van der Waals surface area (Å²) in [5.41, 5.74) is 1.31. The van der Waals surface area contributed by atoms with Crippen molar-refractivity contribution in [2.75, 3.05) is 17.3 Å². The van der Waals surface area contributed by atoms with Crippen LogP contribution in [0.1, 0.15) is 0 Å². The van der Waals surface area contributed by atoms with Crippen LogP contribution in [0.3, 0.4) is 0 Å². The molecule has 0 spiro atoms. The van der Waals surface area contributed by atoms with Crippen LogP contribution in [0.4, 0.5) is 16.2 Å². The molecule has 0 aromatic heterocycles. The summed E-state index contributed by atoms with van der Waals surface area (Å²) in [6.45, 7) is 0. The molecule has 0 aliphatic carbocycles. The summed E-state index contributed by atoms with van der Waals surface area (Å²) in [4.78, 5) is 25.8. The standard InChI is InChI=1S/C16H14N2O3S/c1-21-13-9-5-6-11(10-13)17-14-15(19)18(16(20)22-14)12-7-3-2-4-8-12/h2-10,14,17H,1H3/t14-/m1/s1. The van der Waals surface area contributed by atoms with E-state index in [1.807, 2.05) is 24.3 Å². The predicted molar refractivity (Wildman–Crippen MR) is 87.3 cm³/mol. The molecule has 0 unspecified atom stereocenters.